The van der Waals surface area contributed by atoms with Gasteiger partial charge in [-0.25, -0.2) is 8.42 Å². The second-order valence-electron chi connectivity index (χ2n) is 5.07. The highest BCUT2D eigenvalue weighted by atomic mass is 32.2. The summed E-state index contributed by atoms with van der Waals surface area (Å²) >= 11 is 0. The number of hydrogen-bond donors (Lipinski definition) is 2. The van der Waals surface area contributed by atoms with Crippen molar-refractivity contribution in [3.63, 3.8) is 0 Å². The number of carboxylic acid groups (broad SMARTS) is 1. The number of nitrogens with zero attached hydrogens (tertiary/aromatic N) is 1. The van der Waals surface area contributed by atoms with Crippen molar-refractivity contribution in [2.24, 2.45) is 7.05 Å². The molecule has 0 atom stereocenters. The maximum absolute atomic E-state index is 12.2. The summed E-state index contributed by atoms with van der Waals surface area (Å²) in [6, 6.07) is 1.46. The Morgan fingerprint density at radius 1 is 1.37 bits per heavy atom. The van der Waals surface area contributed by atoms with Crippen LogP contribution in [-0.2, 0) is 21.9 Å². The number of carbonyl (C=O) groups is 1. The summed E-state index contributed by atoms with van der Waals surface area (Å²) in [4.78, 5) is 11.6. The molecule has 6 nitrogen and oxygen atoms in total. The Morgan fingerprint density at radius 3 is 2.47 bits per heavy atom. The topological polar surface area (TPSA) is 88.4 Å². The predicted octanol–water partition coefficient (Wildman–Crippen LogP) is 1.09. The summed E-state index contributed by atoms with van der Waals surface area (Å²) in [5.74, 6) is -1.09. The van der Waals surface area contributed by atoms with Gasteiger partial charge in [-0.3, -0.25) is 4.79 Å². The Balaban J connectivity index is 2.29. The SMILES string of the molecule is Cn1ccc(S(=O)(=O)NC2(C(=O)O)CCCCC2)c1. The van der Waals surface area contributed by atoms with Crippen LogP contribution in [0, 0.1) is 0 Å². The summed E-state index contributed by atoms with van der Waals surface area (Å²) in [5, 5.41) is 9.37. The number of aliphatic carboxylic acids is 1. The fraction of sp³-hybridized carbons (Fsp3) is 0.583. The molecule has 7 heteroatoms. The van der Waals surface area contributed by atoms with E-state index in [2.05, 4.69) is 4.72 Å². The molecular weight excluding hydrogens is 268 g/mol. The van der Waals surface area contributed by atoms with Crippen LogP contribution >= 0.6 is 0 Å². The Labute approximate surface area is 112 Å². The van der Waals surface area contributed by atoms with Gasteiger partial charge in [0.25, 0.3) is 0 Å². The van der Waals surface area contributed by atoms with E-state index in [1.54, 1.807) is 17.8 Å². The van der Waals surface area contributed by atoms with Crippen LogP contribution in [-0.4, -0.2) is 29.6 Å². The molecule has 1 aromatic heterocycles. The molecule has 0 bridgehead atoms. The first-order valence-electron chi connectivity index (χ1n) is 6.25. The van der Waals surface area contributed by atoms with Gasteiger partial charge in [-0.2, -0.15) is 4.72 Å². The Hall–Kier alpha value is -1.34. The van der Waals surface area contributed by atoms with Crippen molar-refractivity contribution in [1.82, 2.24) is 9.29 Å². The second kappa shape index (κ2) is 4.97. The molecule has 2 rings (SSSR count). The van der Waals surface area contributed by atoms with Crippen molar-refractivity contribution in [3.8, 4) is 0 Å². The first kappa shape index (κ1) is 14.1. The molecule has 1 fully saturated rings. The van der Waals surface area contributed by atoms with Crippen LogP contribution in [0.1, 0.15) is 32.1 Å². The van der Waals surface area contributed by atoms with Crippen LogP contribution in [0.5, 0.6) is 0 Å². The van der Waals surface area contributed by atoms with Crippen molar-refractivity contribution in [1.29, 1.82) is 0 Å². The molecule has 2 N–H and O–H groups in total. The molecule has 0 saturated heterocycles. The Kier molecular flexibility index (Phi) is 3.69. The van der Waals surface area contributed by atoms with E-state index in [0.29, 0.717) is 12.8 Å². The van der Waals surface area contributed by atoms with Gasteiger partial charge in [0.2, 0.25) is 10.0 Å². The minimum absolute atomic E-state index is 0.0983. The third-order valence-corrected chi connectivity index (χ3v) is 5.08. The fourth-order valence-electron chi connectivity index (χ4n) is 2.47. The molecule has 19 heavy (non-hydrogen) atoms. The van der Waals surface area contributed by atoms with Crippen molar-refractivity contribution >= 4 is 16.0 Å². The monoisotopic (exact) mass is 286 g/mol. The maximum atomic E-state index is 12.2. The summed E-state index contributed by atoms with van der Waals surface area (Å²) in [7, 11) is -2.08. The number of carboxylic acids is 1. The molecular formula is C12H18N2O4S. The predicted molar refractivity (Wildman–Crippen MR) is 69.2 cm³/mol. The maximum Gasteiger partial charge on any atom is 0.324 e. The quantitative estimate of drug-likeness (QED) is 0.867. The van der Waals surface area contributed by atoms with E-state index in [0.717, 1.165) is 19.3 Å². The number of sulfonamides is 1. The molecule has 0 radical (unpaired) electrons. The normalized spacial score (nSPS) is 19.2. The summed E-state index contributed by atoms with van der Waals surface area (Å²) in [6.07, 6.45) is 6.15. The average molecular weight is 286 g/mol. The first-order chi connectivity index (χ1) is 8.86. The lowest BCUT2D eigenvalue weighted by atomic mass is 9.83. The van der Waals surface area contributed by atoms with E-state index >= 15 is 0 Å². The second-order valence-corrected chi connectivity index (χ2v) is 6.75. The fourth-order valence-corrected chi connectivity index (χ4v) is 3.94. The van der Waals surface area contributed by atoms with Gasteiger partial charge in [0.1, 0.15) is 5.54 Å². The third kappa shape index (κ3) is 2.82. The van der Waals surface area contributed by atoms with Gasteiger partial charge < -0.3 is 9.67 Å². The Bertz CT molecular complexity index is 570. The molecule has 0 spiro atoms. The number of hydrogen-bond acceptors (Lipinski definition) is 3. The van der Waals surface area contributed by atoms with E-state index in [1.807, 2.05) is 0 Å². The lowest BCUT2D eigenvalue weighted by molar-refractivity contribution is -0.145. The minimum atomic E-state index is -3.79. The van der Waals surface area contributed by atoms with E-state index in [1.165, 1.54) is 12.3 Å². The highest BCUT2D eigenvalue weighted by Gasteiger charge is 2.43. The first-order valence-corrected chi connectivity index (χ1v) is 7.73. The van der Waals surface area contributed by atoms with Gasteiger partial charge in [0.05, 0.1) is 4.90 Å². The smallest absolute Gasteiger partial charge is 0.324 e. The molecule has 0 aliphatic heterocycles. The zero-order chi connectivity index (χ0) is 14.1. The largest absolute Gasteiger partial charge is 0.480 e. The summed E-state index contributed by atoms with van der Waals surface area (Å²) < 4.78 is 28.5. The number of nitrogens with one attached hydrogen (secondary N) is 1. The van der Waals surface area contributed by atoms with Crippen molar-refractivity contribution < 1.29 is 18.3 Å². The average Bonchev–Trinajstić information content (AvgIpc) is 2.77. The van der Waals surface area contributed by atoms with Crippen LogP contribution in [0.3, 0.4) is 0 Å². The zero-order valence-electron chi connectivity index (χ0n) is 10.8. The summed E-state index contributed by atoms with van der Waals surface area (Å²) in [6.45, 7) is 0. The third-order valence-electron chi connectivity index (χ3n) is 3.56. The van der Waals surface area contributed by atoms with Gasteiger partial charge in [0, 0.05) is 19.4 Å². The number of rotatable bonds is 4. The van der Waals surface area contributed by atoms with E-state index in [-0.39, 0.29) is 4.90 Å². The van der Waals surface area contributed by atoms with Crippen molar-refractivity contribution in [3.05, 3.63) is 18.5 Å². The molecule has 0 aromatic carbocycles. The minimum Gasteiger partial charge on any atom is -0.480 e. The number of aryl methyl sites for hydroxylation is 1. The molecule has 1 saturated carbocycles. The van der Waals surface area contributed by atoms with E-state index < -0.39 is 21.5 Å². The number of aromatic nitrogens is 1. The molecule has 1 aliphatic carbocycles. The van der Waals surface area contributed by atoms with Crippen LogP contribution in [0.25, 0.3) is 0 Å². The molecule has 106 valence electrons. The van der Waals surface area contributed by atoms with E-state index in [9.17, 15) is 18.3 Å². The van der Waals surface area contributed by atoms with Gasteiger partial charge in [0.15, 0.2) is 0 Å². The van der Waals surface area contributed by atoms with E-state index in [4.69, 9.17) is 0 Å². The highest BCUT2D eigenvalue weighted by molar-refractivity contribution is 7.89. The highest BCUT2D eigenvalue weighted by Crippen LogP contribution is 2.30. The Morgan fingerprint density at radius 2 is 2.00 bits per heavy atom. The van der Waals surface area contributed by atoms with Crippen LogP contribution in [0.4, 0.5) is 0 Å². The van der Waals surface area contributed by atoms with Gasteiger partial charge in [-0.15, -0.1) is 0 Å². The molecule has 1 heterocycles. The molecule has 0 unspecified atom stereocenters. The molecule has 1 aliphatic rings. The van der Waals surface area contributed by atoms with Crippen LogP contribution < -0.4 is 4.72 Å². The van der Waals surface area contributed by atoms with Gasteiger partial charge >= 0.3 is 5.97 Å². The van der Waals surface area contributed by atoms with Crippen LogP contribution in [0.15, 0.2) is 23.4 Å². The van der Waals surface area contributed by atoms with Gasteiger partial charge in [-0.1, -0.05) is 19.3 Å². The van der Waals surface area contributed by atoms with Crippen molar-refractivity contribution in [2.75, 3.05) is 0 Å². The lowest BCUT2D eigenvalue weighted by Gasteiger charge is -2.33. The lowest BCUT2D eigenvalue weighted by Crippen LogP contribution is -2.55. The standard InChI is InChI=1S/C12H18N2O4S/c1-14-8-5-10(9-14)19(17,18)13-12(11(15)16)6-3-2-4-7-12/h5,8-9,13H,2-4,6-7H2,1H3,(H,15,16). The summed E-state index contributed by atoms with van der Waals surface area (Å²) in [5.41, 5.74) is -1.35. The van der Waals surface area contributed by atoms with Crippen molar-refractivity contribution in [2.45, 2.75) is 42.5 Å². The zero-order valence-corrected chi connectivity index (χ0v) is 11.6. The molecule has 0 amide bonds. The van der Waals surface area contributed by atoms with Gasteiger partial charge in [-0.05, 0) is 18.9 Å². The van der Waals surface area contributed by atoms with Crippen LogP contribution in [0.2, 0.25) is 0 Å². The molecule has 1 aromatic rings.